The van der Waals surface area contributed by atoms with E-state index in [1.807, 2.05) is 6.92 Å². The topological polar surface area (TPSA) is 0 Å². The minimum Gasteiger partial charge on any atom is -0.0868 e. The Kier molecular flexibility index (Phi) is 7.32. The molecule has 8 heteroatoms. The monoisotopic (exact) mass is 695 g/mol. The lowest BCUT2D eigenvalue weighted by atomic mass is 10.3. The van der Waals surface area contributed by atoms with Crippen molar-refractivity contribution in [2.24, 2.45) is 0 Å². The molecular formula is C5H4Br8. The van der Waals surface area contributed by atoms with Crippen molar-refractivity contribution < 1.29 is 0 Å². The smallest absolute Gasteiger partial charge is 0.0868 e. The maximum atomic E-state index is 3.59. The third-order valence-corrected chi connectivity index (χ3v) is 15.3. The molecule has 0 aliphatic heterocycles. The highest BCUT2D eigenvalue weighted by Crippen LogP contribution is 2.64. The molecule has 0 aliphatic rings. The maximum Gasteiger partial charge on any atom is 0.162 e. The van der Waals surface area contributed by atoms with Gasteiger partial charge in [0.25, 0.3) is 0 Å². The van der Waals surface area contributed by atoms with Crippen LogP contribution >= 0.6 is 127 Å². The molecule has 0 aromatic carbocycles. The van der Waals surface area contributed by atoms with Gasteiger partial charge in [0.05, 0.1) is 0 Å². The average Bonchev–Trinajstić information content (AvgIpc) is 1.84. The van der Waals surface area contributed by atoms with Crippen molar-refractivity contribution in [3.8, 4) is 0 Å². The Morgan fingerprint density at radius 3 is 1.23 bits per heavy atom. The zero-order valence-corrected chi connectivity index (χ0v) is 18.8. The van der Waals surface area contributed by atoms with Gasteiger partial charge in [-0.1, -0.05) is 134 Å². The molecule has 0 N–H and O–H groups in total. The summed E-state index contributed by atoms with van der Waals surface area (Å²) in [4.78, 5) is 0.186. The zero-order valence-electron chi connectivity index (χ0n) is 6.10. The molecule has 0 radical (unpaired) electrons. The Labute approximate surface area is 145 Å². The van der Waals surface area contributed by atoms with Gasteiger partial charge >= 0.3 is 0 Å². The van der Waals surface area contributed by atoms with E-state index in [1.54, 1.807) is 0 Å². The number of hydrogen-bond donors (Lipinski definition) is 0. The molecule has 0 bridgehead atoms. The minimum atomic E-state index is -0.491. The molecule has 1 atom stereocenters. The van der Waals surface area contributed by atoms with E-state index < -0.39 is 5.38 Å². The van der Waals surface area contributed by atoms with Crippen molar-refractivity contribution in [1.29, 1.82) is 0 Å². The minimum absolute atomic E-state index is 0.186. The van der Waals surface area contributed by atoms with Gasteiger partial charge in [-0.05, 0) is 0 Å². The van der Waals surface area contributed by atoms with E-state index in [4.69, 9.17) is 0 Å². The first-order valence-corrected chi connectivity index (χ1v) is 9.37. The van der Waals surface area contributed by atoms with E-state index in [0.717, 1.165) is 0 Å². The van der Waals surface area contributed by atoms with Gasteiger partial charge in [-0.2, -0.15) is 0 Å². The summed E-state index contributed by atoms with van der Waals surface area (Å²) < 4.78 is -1.36. The van der Waals surface area contributed by atoms with Crippen LogP contribution in [0.1, 0.15) is 6.92 Å². The molecule has 0 rings (SSSR count). The molecule has 0 aromatic rings. The first-order valence-electron chi connectivity index (χ1n) is 2.91. The van der Waals surface area contributed by atoms with Crippen molar-refractivity contribution in [3.63, 3.8) is 0 Å². The summed E-state index contributed by atoms with van der Waals surface area (Å²) in [6.45, 7) is 2.03. The average molecular weight is 703 g/mol. The molecule has 0 aliphatic carbocycles. The molecule has 0 spiro atoms. The Morgan fingerprint density at radius 2 is 1.15 bits per heavy atom. The lowest BCUT2D eigenvalue weighted by Crippen LogP contribution is -2.48. The van der Waals surface area contributed by atoms with E-state index in [2.05, 4.69) is 127 Å². The Balaban J connectivity index is 5.04. The molecule has 0 nitrogen and oxygen atoms in total. The Bertz CT molecular complexity index is 177. The molecule has 0 fully saturated rings. The van der Waals surface area contributed by atoms with E-state index >= 15 is 0 Å². The highest BCUT2D eigenvalue weighted by atomic mass is 80.0. The van der Waals surface area contributed by atoms with Gasteiger partial charge in [-0.25, -0.2) is 0 Å². The normalized spacial score (nSPS) is 17.3. The fourth-order valence-corrected chi connectivity index (χ4v) is 5.21. The van der Waals surface area contributed by atoms with Gasteiger partial charge in [-0.3, -0.25) is 0 Å². The van der Waals surface area contributed by atoms with Gasteiger partial charge in [0.2, 0.25) is 0 Å². The lowest BCUT2D eigenvalue weighted by Gasteiger charge is -2.42. The number of halogens is 8. The van der Waals surface area contributed by atoms with Crippen LogP contribution in [0.3, 0.4) is 0 Å². The van der Waals surface area contributed by atoms with E-state index in [0.29, 0.717) is 0 Å². The van der Waals surface area contributed by atoms with Crippen molar-refractivity contribution >= 4 is 127 Å². The molecule has 80 valence electrons. The summed E-state index contributed by atoms with van der Waals surface area (Å²) in [6, 6.07) is 0. The van der Waals surface area contributed by atoms with Crippen LogP contribution in [0.15, 0.2) is 0 Å². The number of alkyl halides is 8. The first-order chi connectivity index (χ1) is 5.44. The zero-order chi connectivity index (χ0) is 11.1. The highest BCUT2D eigenvalue weighted by molar-refractivity contribution is 9.42. The van der Waals surface area contributed by atoms with E-state index in [1.165, 1.54) is 0 Å². The van der Waals surface area contributed by atoms with Crippen LogP contribution in [0.25, 0.3) is 0 Å². The molecule has 1 unspecified atom stereocenters. The van der Waals surface area contributed by atoms with Crippen molar-refractivity contribution in [2.75, 3.05) is 0 Å². The summed E-state index contributed by atoms with van der Waals surface area (Å²) in [5, 5.41) is 0. The van der Waals surface area contributed by atoms with Crippen LogP contribution < -0.4 is 0 Å². The van der Waals surface area contributed by atoms with Crippen LogP contribution in [0, 0.1) is 0 Å². The second-order valence-electron chi connectivity index (χ2n) is 2.31. The Hall–Kier alpha value is 3.84. The summed E-state index contributed by atoms with van der Waals surface area (Å²) in [5.74, 6) is 0. The molecule has 13 heavy (non-hydrogen) atoms. The summed E-state index contributed by atoms with van der Waals surface area (Å²) >= 11 is 28.2. The van der Waals surface area contributed by atoms with E-state index in [-0.39, 0.29) is 8.06 Å². The Morgan fingerprint density at radius 1 is 0.846 bits per heavy atom. The van der Waals surface area contributed by atoms with Crippen LogP contribution in [-0.4, -0.2) is 13.4 Å². The molecule has 0 saturated carbocycles. The second-order valence-corrected chi connectivity index (χ2v) is 17.5. The fourth-order valence-electron chi connectivity index (χ4n) is 0.439. The van der Waals surface area contributed by atoms with Crippen LogP contribution in [-0.2, 0) is 0 Å². The molecule has 0 heterocycles. The third kappa shape index (κ3) is 3.91. The van der Waals surface area contributed by atoms with Crippen molar-refractivity contribution in [2.45, 2.75) is 20.4 Å². The number of hydrogen-bond acceptors (Lipinski definition) is 0. The predicted molar refractivity (Wildman–Crippen MR) is 89.1 cm³/mol. The summed E-state index contributed by atoms with van der Waals surface area (Å²) in [5.41, 5.74) is 0. The summed E-state index contributed by atoms with van der Waals surface area (Å²) in [7, 11) is 0. The van der Waals surface area contributed by atoms with Crippen LogP contribution in [0.4, 0.5) is 0 Å². The molecular weight excluding hydrogens is 699 g/mol. The standard InChI is InChI=1S/C5H4Br8/c1-2(6)3(7,8)4(9,10)5(11,12)13/h2H,1H3. The first kappa shape index (κ1) is 16.8. The van der Waals surface area contributed by atoms with Gasteiger partial charge in [-0.15, -0.1) is 0 Å². The van der Waals surface area contributed by atoms with Crippen LogP contribution in [0.2, 0.25) is 0 Å². The van der Waals surface area contributed by atoms with Crippen molar-refractivity contribution in [1.82, 2.24) is 0 Å². The largest absolute Gasteiger partial charge is 0.162 e. The second kappa shape index (κ2) is 5.65. The maximum absolute atomic E-state index is 3.59. The van der Waals surface area contributed by atoms with Gasteiger partial charge < -0.3 is 0 Å². The van der Waals surface area contributed by atoms with Gasteiger partial charge in [0, 0.05) is 4.83 Å². The quantitative estimate of drug-likeness (QED) is 0.286. The number of rotatable bonds is 2. The molecule has 0 saturated heterocycles. The molecule has 0 aromatic heterocycles. The third-order valence-electron chi connectivity index (χ3n) is 1.27. The predicted octanol–water partition coefficient (Wildman–Crippen LogP) is 6.58. The molecule has 0 amide bonds. The van der Waals surface area contributed by atoms with Gasteiger partial charge in [0.15, 0.2) is 2.14 Å². The van der Waals surface area contributed by atoms with Gasteiger partial charge in [0.1, 0.15) is 6.47 Å². The van der Waals surface area contributed by atoms with E-state index in [9.17, 15) is 0 Å². The highest BCUT2D eigenvalue weighted by Gasteiger charge is 2.58. The lowest BCUT2D eigenvalue weighted by molar-refractivity contribution is 0.772. The van der Waals surface area contributed by atoms with Crippen molar-refractivity contribution in [3.05, 3.63) is 0 Å². The SMILES string of the molecule is CC(Br)C(Br)(Br)C(Br)(Br)C(Br)(Br)Br. The summed E-state index contributed by atoms with van der Waals surface area (Å²) in [6.07, 6.45) is 0. The van der Waals surface area contributed by atoms with Crippen LogP contribution in [0.5, 0.6) is 0 Å². The fraction of sp³-hybridized carbons (Fsp3) is 1.00.